The van der Waals surface area contributed by atoms with Gasteiger partial charge in [0.05, 0.1) is 6.54 Å². The highest BCUT2D eigenvalue weighted by atomic mass is 15.0. The van der Waals surface area contributed by atoms with Gasteiger partial charge in [-0.15, -0.1) is 0 Å². The minimum absolute atomic E-state index is 0.0604. The maximum Gasteiger partial charge on any atom is 0.0539 e. The van der Waals surface area contributed by atoms with Crippen molar-refractivity contribution in [2.24, 2.45) is 5.41 Å². The molecule has 0 aliphatic heterocycles. The Morgan fingerprint density at radius 2 is 1.61 bits per heavy atom. The lowest BCUT2D eigenvalue weighted by Gasteiger charge is -2.30. The van der Waals surface area contributed by atoms with Gasteiger partial charge in [0.15, 0.2) is 0 Å². The zero-order valence-electron chi connectivity index (χ0n) is 13.0. The van der Waals surface area contributed by atoms with E-state index in [4.69, 9.17) is 0 Å². The minimum atomic E-state index is 0.0604. The summed E-state index contributed by atoms with van der Waals surface area (Å²) in [6, 6.07) is 0. The Hall–Kier alpha value is -0.960. The van der Waals surface area contributed by atoms with Gasteiger partial charge in [0, 0.05) is 22.3 Å². The molecule has 0 saturated heterocycles. The second kappa shape index (κ2) is 6.83. The molecule has 0 heterocycles. The Morgan fingerprint density at radius 1 is 1.06 bits per heavy atom. The Balaban J connectivity index is 4.09. The second-order valence-corrected chi connectivity index (χ2v) is 6.55. The van der Waals surface area contributed by atoms with Crippen molar-refractivity contribution in [3.05, 3.63) is 24.6 Å². The lowest BCUT2D eigenvalue weighted by atomic mass is 9.93. The molecule has 0 radical (unpaired) electrons. The van der Waals surface area contributed by atoms with Gasteiger partial charge in [0.25, 0.3) is 0 Å². The van der Waals surface area contributed by atoms with E-state index in [1.807, 2.05) is 7.05 Å². The van der Waals surface area contributed by atoms with Crippen LogP contribution in [0.3, 0.4) is 0 Å². The van der Waals surface area contributed by atoms with Gasteiger partial charge in [0.2, 0.25) is 0 Å². The molecule has 0 aliphatic carbocycles. The van der Waals surface area contributed by atoms with Gasteiger partial charge in [-0.25, -0.2) is 0 Å². The van der Waals surface area contributed by atoms with Crippen molar-refractivity contribution in [3.8, 4) is 0 Å². The number of hydrogen-bond acceptors (Lipinski definition) is 3. The summed E-state index contributed by atoms with van der Waals surface area (Å²) in [6.07, 6.45) is 1.06. The van der Waals surface area contributed by atoms with Gasteiger partial charge >= 0.3 is 0 Å². The average molecular weight is 253 g/mol. The summed E-state index contributed by atoms with van der Waals surface area (Å²) >= 11 is 0. The Kier molecular flexibility index (Phi) is 6.47. The van der Waals surface area contributed by atoms with Crippen molar-refractivity contribution in [1.29, 1.82) is 0 Å². The molecule has 0 aromatic rings. The molecule has 3 N–H and O–H groups in total. The zero-order valence-corrected chi connectivity index (χ0v) is 13.0. The van der Waals surface area contributed by atoms with Crippen molar-refractivity contribution >= 4 is 0 Å². The first-order valence-corrected chi connectivity index (χ1v) is 6.62. The van der Waals surface area contributed by atoms with Gasteiger partial charge in [-0.2, -0.15) is 0 Å². The van der Waals surface area contributed by atoms with Crippen LogP contribution in [0.15, 0.2) is 24.6 Å². The summed E-state index contributed by atoms with van der Waals surface area (Å²) < 4.78 is 0. The van der Waals surface area contributed by atoms with Gasteiger partial charge in [0.1, 0.15) is 0 Å². The number of rotatable bonds is 8. The fourth-order valence-electron chi connectivity index (χ4n) is 1.50. The van der Waals surface area contributed by atoms with Crippen LogP contribution in [-0.2, 0) is 0 Å². The monoisotopic (exact) mass is 253 g/mol. The van der Waals surface area contributed by atoms with E-state index in [0.717, 1.165) is 30.9 Å². The van der Waals surface area contributed by atoms with Gasteiger partial charge < -0.3 is 16.0 Å². The van der Waals surface area contributed by atoms with E-state index in [9.17, 15) is 0 Å². The first-order valence-electron chi connectivity index (χ1n) is 6.62. The molecule has 3 nitrogen and oxygen atoms in total. The van der Waals surface area contributed by atoms with Gasteiger partial charge in [-0.3, -0.25) is 0 Å². The Labute approximate surface area is 113 Å². The van der Waals surface area contributed by atoms with Gasteiger partial charge in [-0.05, 0) is 33.9 Å². The second-order valence-electron chi connectivity index (χ2n) is 6.55. The molecule has 0 amide bonds. The Bertz CT molecular complexity index is 285. The highest BCUT2D eigenvalue weighted by Crippen LogP contribution is 2.20. The third-order valence-corrected chi connectivity index (χ3v) is 2.94. The molecule has 18 heavy (non-hydrogen) atoms. The highest BCUT2D eigenvalue weighted by molar-refractivity contribution is 5.08. The van der Waals surface area contributed by atoms with Crippen LogP contribution in [0, 0.1) is 5.41 Å². The standard InChI is InChI=1S/C15H31N3/c1-12(11-17-13(2)14(3,4)5)18-15(6,7)9-10-16-8/h16-18H,1-2,9-11H2,3-8H3. The van der Waals surface area contributed by atoms with Crippen LogP contribution in [0.1, 0.15) is 41.0 Å². The summed E-state index contributed by atoms with van der Waals surface area (Å²) in [5.74, 6) is 0. The first-order chi connectivity index (χ1) is 8.08. The van der Waals surface area contributed by atoms with Crippen LogP contribution in [0.2, 0.25) is 0 Å². The molecular weight excluding hydrogens is 222 g/mol. The highest BCUT2D eigenvalue weighted by Gasteiger charge is 2.18. The fraction of sp³-hybridized carbons (Fsp3) is 0.733. The third-order valence-electron chi connectivity index (χ3n) is 2.94. The van der Waals surface area contributed by atoms with Gasteiger partial charge in [-0.1, -0.05) is 33.9 Å². The quantitative estimate of drug-likeness (QED) is 0.622. The summed E-state index contributed by atoms with van der Waals surface area (Å²) in [4.78, 5) is 0. The molecule has 0 atom stereocenters. The molecule has 0 aromatic carbocycles. The topological polar surface area (TPSA) is 36.1 Å². The predicted molar refractivity (Wildman–Crippen MR) is 81.5 cm³/mol. The van der Waals surface area contributed by atoms with Crippen molar-refractivity contribution in [2.75, 3.05) is 20.1 Å². The fourth-order valence-corrected chi connectivity index (χ4v) is 1.50. The van der Waals surface area contributed by atoms with Crippen molar-refractivity contribution in [2.45, 2.75) is 46.6 Å². The molecule has 106 valence electrons. The van der Waals surface area contributed by atoms with Crippen LogP contribution in [0.5, 0.6) is 0 Å². The molecule has 0 aliphatic rings. The Morgan fingerprint density at radius 3 is 2.06 bits per heavy atom. The molecule has 0 unspecified atom stereocenters. The minimum Gasteiger partial charge on any atom is -0.383 e. The number of allylic oxidation sites excluding steroid dienone is 1. The molecule has 3 heteroatoms. The van der Waals surface area contributed by atoms with Crippen LogP contribution in [0.25, 0.3) is 0 Å². The third kappa shape index (κ3) is 7.38. The maximum atomic E-state index is 4.07. The number of hydrogen-bond donors (Lipinski definition) is 3. The summed E-state index contributed by atoms with van der Waals surface area (Å²) in [7, 11) is 1.97. The first kappa shape index (κ1) is 17.0. The molecule has 0 spiro atoms. The van der Waals surface area contributed by atoms with E-state index < -0.39 is 0 Å². The van der Waals surface area contributed by atoms with E-state index in [1.165, 1.54) is 0 Å². The molecule has 0 bridgehead atoms. The molecular formula is C15H31N3. The maximum absolute atomic E-state index is 4.07. The zero-order chi connectivity index (χ0) is 14.4. The largest absolute Gasteiger partial charge is 0.383 e. The van der Waals surface area contributed by atoms with E-state index in [-0.39, 0.29) is 11.0 Å². The van der Waals surface area contributed by atoms with E-state index in [2.05, 4.69) is 63.7 Å². The van der Waals surface area contributed by atoms with Crippen LogP contribution < -0.4 is 16.0 Å². The molecule has 0 aromatic heterocycles. The molecule has 0 saturated carbocycles. The van der Waals surface area contributed by atoms with Crippen molar-refractivity contribution in [1.82, 2.24) is 16.0 Å². The number of nitrogens with one attached hydrogen (secondary N) is 3. The van der Waals surface area contributed by atoms with E-state index in [1.54, 1.807) is 0 Å². The van der Waals surface area contributed by atoms with Crippen molar-refractivity contribution < 1.29 is 0 Å². The lowest BCUT2D eigenvalue weighted by Crippen LogP contribution is -2.42. The SMILES string of the molecule is C=C(CNC(=C)C(C)(C)C)NC(C)(C)CCNC. The van der Waals surface area contributed by atoms with E-state index >= 15 is 0 Å². The summed E-state index contributed by atoms with van der Waals surface area (Å²) in [5.41, 5.74) is 2.19. The summed E-state index contributed by atoms with van der Waals surface area (Å²) in [6.45, 7) is 20.7. The molecule has 0 rings (SSSR count). The van der Waals surface area contributed by atoms with Crippen LogP contribution in [0.4, 0.5) is 0 Å². The lowest BCUT2D eigenvalue weighted by molar-refractivity contribution is 0.385. The molecule has 0 fully saturated rings. The van der Waals surface area contributed by atoms with Crippen LogP contribution >= 0.6 is 0 Å². The van der Waals surface area contributed by atoms with Crippen LogP contribution in [-0.4, -0.2) is 25.7 Å². The van der Waals surface area contributed by atoms with Crippen molar-refractivity contribution in [3.63, 3.8) is 0 Å². The predicted octanol–water partition coefficient (Wildman–Crippen LogP) is 2.63. The average Bonchev–Trinajstić information content (AvgIpc) is 2.21. The normalized spacial score (nSPS) is 12.1. The summed E-state index contributed by atoms with van der Waals surface area (Å²) in [5, 5.41) is 9.96. The smallest absolute Gasteiger partial charge is 0.0539 e. The van der Waals surface area contributed by atoms with E-state index in [0.29, 0.717) is 0 Å².